The van der Waals surface area contributed by atoms with E-state index in [-0.39, 0.29) is 28.2 Å². The average Bonchev–Trinajstić information content (AvgIpc) is 3.09. The fourth-order valence-electron chi connectivity index (χ4n) is 3.13. The molecule has 2 atom stereocenters. The van der Waals surface area contributed by atoms with Crippen LogP contribution in [0, 0.1) is 0 Å². The van der Waals surface area contributed by atoms with Gasteiger partial charge in [0.05, 0.1) is 24.7 Å². The minimum absolute atomic E-state index is 0.00572. The predicted octanol–water partition coefficient (Wildman–Crippen LogP) is 4.00. The third-order valence-electron chi connectivity index (χ3n) is 5.51. The lowest BCUT2D eigenvalue weighted by Crippen LogP contribution is -2.45. The van der Waals surface area contributed by atoms with Gasteiger partial charge < -0.3 is 8.99 Å². The molecule has 3 rings (SSSR count). The minimum Gasteiger partial charge on any atom is -0.411 e. The summed E-state index contributed by atoms with van der Waals surface area (Å²) in [4.78, 5) is 4.06. The molecule has 0 saturated heterocycles. The molecule has 7 heteroatoms. The summed E-state index contributed by atoms with van der Waals surface area (Å²) in [5.41, 5.74) is 2.48. The molecule has 0 radical (unpaired) electrons. The summed E-state index contributed by atoms with van der Waals surface area (Å²) < 4.78 is 8.65. The molecular weight excluding hydrogens is 334 g/mol. The quantitative estimate of drug-likeness (QED) is 0.636. The van der Waals surface area contributed by atoms with Gasteiger partial charge >= 0.3 is 0 Å². The lowest BCUT2D eigenvalue weighted by molar-refractivity contribution is 0.0268. The average molecular weight is 362 g/mol. The molecule has 1 heterocycles. The molecule has 25 heavy (non-hydrogen) atoms. The standard InChI is InChI=1S/C18H27N3O3Si/c1-18(2,3)25(4,5)24-15-10-13-8-6-7-9-14(13)17(15)20-11-16(19-12-20)21(22)23/h6-9,11-12,15,17,22-23H,10H2,1-5H3. The molecule has 1 aliphatic rings. The molecule has 1 aromatic heterocycles. The smallest absolute Gasteiger partial charge is 0.200 e. The van der Waals surface area contributed by atoms with Crippen molar-refractivity contribution in [1.82, 2.24) is 9.55 Å². The van der Waals surface area contributed by atoms with Gasteiger partial charge in [-0.25, -0.2) is 4.98 Å². The zero-order chi connectivity index (χ0) is 18.4. The predicted molar refractivity (Wildman–Crippen MR) is 98.6 cm³/mol. The lowest BCUT2D eigenvalue weighted by atomic mass is 10.1. The molecule has 2 unspecified atom stereocenters. The Morgan fingerprint density at radius 1 is 1.24 bits per heavy atom. The fourth-order valence-corrected chi connectivity index (χ4v) is 4.46. The van der Waals surface area contributed by atoms with Crippen molar-refractivity contribution >= 4 is 14.1 Å². The topological polar surface area (TPSA) is 70.8 Å². The van der Waals surface area contributed by atoms with Crippen LogP contribution in [0.1, 0.15) is 37.9 Å². The van der Waals surface area contributed by atoms with E-state index >= 15 is 0 Å². The first-order valence-corrected chi connectivity index (χ1v) is 11.5. The molecule has 0 aliphatic heterocycles. The summed E-state index contributed by atoms with van der Waals surface area (Å²) in [5.74, 6) is 0.0930. The number of aromatic nitrogens is 2. The highest BCUT2D eigenvalue weighted by Gasteiger charge is 2.43. The van der Waals surface area contributed by atoms with Gasteiger partial charge in [-0.3, -0.25) is 10.4 Å². The third kappa shape index (κ3) is 3.37. The number of hydrogen-bond acceptors (Lipinski definition) is 5. The highest BCUT2D eigenvalue weighted by atomic mass is 28.4. The van der Waals surface area contributed by atoms with Crippen LogP contribution in [0.3, 0.4) is 0 Å². The highest BCUT2D eigenvalue weighted by Crippen LogP contribution is 2.43. The van der Waals surface area contributed by atoms with Crippen LogP contribution in [0.2, 0.25) is 18.1 Å². The van der Waals surface area contributed by atoms with Gasteiger partial charge in [-0.15, -0.1) is 5.23 Å². The van der Waals surface area contributed by atoms with Crippen molar-refractivity contribution in [3.63, 3.8) is 0 Å². The summed E-state index contributed by atoms with van der Waals surface area (Å²) in [6.07, 6.45) is 4.12. The Morgan fingerprint density at radius 3 is 2.52 bits per heavy atom. The van der Waals surface area contributed by atoms with Crippen LogP contribution < -0.4 is 5.23 Å². The summed E-state index contributed by atoms with van der Waals surface area (Å²) in [7, 11) is -1.94. The zero-order valence-electron chi connectivity index (χ0n) is 15.5. The van der Waals surface area contributed by atoms with Crippen LogP contribution in [0.15, 0.2) is 36.8 Å². The van der Waals surface area contributed by atoms with Crippen molar-refractivity contribution in [2.45, 2.75) is 57.5 Å². The fraction of sp³-hybridized carbons (Fsp3) is 0.500. The summed E-state index contributed by atoms with van der Waals surface area (Å²) in [6, 6.07) is 8.31. The van der Waals surface area contributed by atoms with E-state index in [1.807, 2.05) is 16.7 Å². The van der Waals surface area contributed by atoms with Gasteiger partial charge in [0.25, 0.3) is 0 Å². The minimum atomic E-state index is -1.94. The number of imidazole rings is 1. The number of anilines is 1. The number of fused-ring (bicyclic) bond motifs is 1. The molecule has 1 aromatic carbocycles. The van der Waals surface area contributed by atoms with Crippen molar-refractivity contribution in [2.24, 2.45) is 0 Å². The number of nitrogens with zero attached hydrogens (tertiary/aromatic N) is 3. The van der Waals surface area contributed by atoms with E-state index < -0.39 is 8.32 Å². The Kier molecular flexibility index (Phi) is 4.53. The van der Waals surface area contributed by atoms with E-state index in [0.717, 1.165) is 6.42 Å². The molecular formula is C18H27N3O3Si. The number of hydrogen-bond donors (Lipinski definition) is 2. The Balaban J connectivity index is 1.97. The van der Waals surface area contributed by atoms with E-state index in [1.54, 1.807) is 12.5 Å². The maximum absolute atomic E-state index is 9.22. The SMILES string of the molecule is CC(C)(C)[Si](C)(C)OC1Cc2ccccc2C1n1cnc(N(O)O)c1. The molecule has 0 fully saturated rings. The Hall–Kier alpha value is -1.67. The first kappa shape index (κ1) is 18.1. The van der Waals surface area contributed by atoms with Gasteiger partial charge in [-0.2, -0.15) is 0 Å². The van der Waals surface area contributed by atoms with Crippen LogP contribution in [0.5, 0.6) is 0 Å². The van der Waals surface area contributed by atoms with Crippen LogP contribution in [0.4, 0.5) is 5.82 Å². The number of rotatable bonds is 4. The number of benzene rings is 1. The zero-order valence-corrected chi connectivity index (χ0v) is 16.5. The van der Waals surface area contributed by atoms with Gasteiger partial charge in [0.1, 0.15) is 0 Å². The summed E-state index contributed by atoms with van der Waals surface area (Å²) in [6.45, 7) is 11.2. The third-order valence-corrected chi connectivity index (χ3v) is 10.0. The van der Waals surface area contributed by atoms with Crippen molar-refractivity contribution in [3.05, 3.63) is 47.9 Å². The van der Waals surface area contributed by atoms with Gasteiger partial charge in [0.15, 0.2) is 8.32 Å². The second-order valence-corrected chi connectivity index (χ2v) is 13.0. The molecule has 2 aromatic rings. The second kappa shape index (κ2) is 6.24. The molecule has 136 valence electrons. The Bertz CT molecular complexity index is 752. The monoisotopic (exact) mass is 361 g/mol. The Morgan fingerprint density at radius 2 is 1.92 bits per heavy atom. The van der Waals surface area contributed by atoms with Crippen molar-refractivity contribution < 1.29 is 14.8 Å². The molecule has 2 N–H and O–H groups in total. The van der Waals surface area contributed by atoms with Gasteiger partial charge in [-0.1, -0.05) is 45.0 Å². The first-order chi connectivity index (χ1) is 11.6. The van der Waals surface area contributed by atoms with E-state index in [2.05, 4.69) is 51.0 Å². The van der Waals surface area contributed by atoms with Crippen molar-refractivity contribution in [2.75, 3.05) is 5.23 Å². The maximum atomic E-state index is 9.22. The maximum Gasteiger partial charge on any atom is 0.200 e. The van der Waals surface area contributed by atoms with Gasteiger partial charge in [0, 0.05) is 6.42 Å². The summed E-state index contributed by atoms with van der Waals surface area (Å²) >= 11 is 0. The van der Waals surface area contributed by atoms with Crippen LogP contribution in [0.25, 0.3) is 0 Å². The molecule has 6 nitrogen and oxygen atoms in total. The molecule has 0 saturated carbocycles. The van der Waals surface area contributed by atoms with Crippen LogP contribution in [-0.2, 0) is 10.8 Å². The van der Waals surface area contributed by atoms with Crippen LogP contribution >= 0.6 is 0 Å². The molecule has 1 aliphatic carbocycles. The van der Waals surface area contributed by atoms with Gasteiger partial charge in [-0.05, 0) is 29.3 Å². The second-order valence-electron chi connectivity index (χ2n) is 8.23. The lowest BCUT2D eigenvalue weighted by Gasteiger charge is -2.40. The van der Waals surface area contributed by atoms with E-state index in [4.69, 9.17) is 4.43 Å². The van der Waals surface area contributed by atoms with Crippen molar-refractivity contribution in [1.29, 1.82) is 0 Å². The molecule has 0 amide bonds. The van der Waals surface area contributed by atoms with E-state index in [0.29, 0.717) is 0 Å². The van der Waals surface area contributed by atoms with Gasteiger partial charge in [0.2, 0.25) is 5.82 Å². The van der Waals surface area contributed by atoms with Crippen molar-refractivity contribution in [3.8, 4) is 0 Å². The molecule has 0 bridgehead atoms. The highest BCUT2D eigenvalue weighted by molar-refractivity contribution is 6.74. The molecule has 0 spiro atoms. The van der Waals surface area contributed by atoms with Crippen LogP contribution in [-0.4, -0.2) is 34.4 Å². The normalized spacial score (nSPS) is 20.6. The van der Waals surface area contributed by atoms with E-state index in [9.17, 15) is 10.4 Å². The summed E-state index contributed by atoms with van der Waals surface area (Å²) in [5, 5.41) is 18.6. The van der Waals surface area contributed by atoms with E-state index in [1.165, 1.54) is 11.1 Å². The largest absolute Gasteiger partial charge is 0.411 e. The first-order valence-electron chi connectivity index (χ1n) is 8.57. The Labute approximate surface area is 149 Å².